The van der Waals surface area contributed by atoms with Crippen LogP contribution >= 0.6 is 11.6 Å². The Hall–Kier alpha value is -2.37. The highest BCUT2D eigenvalue weighted by Gasteiger charge is 2.22. The summed E-state index contributed by atoms with van der Waals surface area (Å²) in [5.74, 6) is 0.579. The van der Waals surface area contributed by atoms with Gasteiger partial charge in [0.15, 0.2) is 5.82 Å². The second-order valence-electron chi connectivity index (χ2n) is 6.85. The third kappa shape index (κ3) is 3.32. The first-order chi connectivity index (χ1) is 12.6. The Kier molecular flexibility index (Phi) is 4.66. The standard InChI is InChI=1S/C20H21ClN4O/c1-12-4-6-15(17(21)9-12)13-5-7-18-16(10-13)19(25-24-18)23-20(26)14-3-2-8-22-11-14/h4-7,9-10,14,22H,2-3,8,11H2,1H3,(H2,23,24,25,26)/t14-/m0/s1. The number of aromatic nitrogens is 2. The molecule has 134 valence electrons. The molecule has 2 aromatic carbocycles. The molecule has 1 saturated heterocycles. The molecule has 26 heavy (non-hydrogen) atoms. The zero-order valence-corrected chi connectivity index (χ0v) is 15.4. The van der Waals surface area contributed by atoms with E-state index in [9.17, 15) is 4.79 Å². The van der Waals surface area contributed by atoms with E-state index in [1.807, 2.05) is 43.3 Å². The van der Waals surface area contributed by atoms with Crippen LogP contribution in [0.5, 0.6) is 0 Å². The van der Waals surface area contributed by atoms with Crippen molar-refractivity contribution in [3.05, 3.63) is 47.0 Å². The first kappa shape index (κ1) is 17.1. The number of aryl methyl sites for hydroxylation is 1. The van der Waals surface area contributed by atoms with Gasteiger partial charge in [-0.05, 0) is 55.6 Å². The molecule has 0 saturated carbocycles. The van der Waals surface area contributed by atoms with Crippen LogP contribution in [0.15, 0.2) is 36.4 Å². The van der Waals surface area contributed by atoms with Crippen LogP contribution in [0.2, 0.25) is 5.02 Å². The number of anilines is 1. The number of halogens is 1. The van der Waals surface area contributed by atoms with Crippen LogP contribution in [0.25, 0.3) is 22.0 Å². The number of benzene rings is 2. The predicted molar refractivity (Wildman–Crippen MR) is 106 cm³/mol. The molecular weight excluding hydrogens is 348 g/mol. The van der Waals surface area contributed by atoms with Crippen LogP contribution in [-0.2, 0) is 4.79 Å². The molecule has 2 heterocycles. The average Bonchev–Trinajstić information content (AvgIpc) is 3.04. The number of piperidine rings is 1. The molecule has 3 N–H and O–H groups in total. The van der Waals surface area contributed by atoms with Crippen LogP contribution in [0.3, 0.4) is 0 Å². The fourth-order valence-electron chi connectivity index (χ4n) is 3.43. The SMILES string of the molecule is Cc1ccc(-c2ccc3[nH]nc(NC(=O)[C@H]4CCCNC4)c3c2)c(Cl)c1. The van der Waals surface area contributed by atoms with Crippen molar-refractivity contribution in [2.24, 2.45) is 5.92 Å². The van der Waals surface area contributed by atoms with Crippen LogP contribution in [0.1, 0.15) is 18.4 Å². The molecule has 1 aliphatic heterocycles. The van der Waals surface area contributed by atoms with Gasteiger partial charge < -0.3 is 10.6 Å². The minimum absolute atomic E-state index is 0.00905. The number of nitrogens with zero attached hydrogens (tertiary/aromatic N) is 1. The second-order valence-corrected chi connectivity index (χ2v) is 7.26. The largest absolute Gasteiger partial charge is 0.316 e. The van der Waals surface area contributed by atoms with E-state index in [4.69, 9.17) is 11.6 Å². The zero-order valence-electron chi connectivity index (χ0n) is 14.6. The van der Waals surface area contributed by atoms with Crippen LogP contribution in [0, 0.1) is 12.8 Å². The van der Waals surface area contributed by atoms with Gasteiger partial charge in [0.05, 0.1) is 11.4 Å². The Morgan fingerprint density at radius 2 is 2.15 bits per heavy atom. The summed E-state index contributed by atoms with van der Waals surface area (Å²) >= 11 is 6.41. The maximum absolute atomic E-state index is 12.5. The number of fused-ring (bicyclic) bond motifs is 1. The molecular formula is C20H21ClN4O. The number of hydrogen-bond acceptors (Lipinski definition) is 3. The minimum Gasteiger partial charge on any atom is -0.316 e. The van der Waals surface area contributed by atoms with Crippen molar-refractivity contribution in [2.45, 2.75) is 19.8 Å². The van der Waals surface area contributed by atoms with Crippen molar-refractivity contribution < 1.29 is 4.79 Å². The molecule has 0 bridgehead atoms. The maximum atomic E-state index is 12.5. The minimum atomic E-state index is -0.00905. The smallest absolute Gasteiger partial charge is 0.229 e. The van der Waals surface area contributed by atoms with Gasteiger partial charge in [-0.15, -0.1) is 0 Å². The summed E-state index contributed by atoms with van der Waals surface area (Å²) in [6.07, 6.45) is 1.93. The van der Waals surface area contributed by atoms with E-state index in [-0.39, 0.29) is 11.8 Å². The topological polar surface area (TPSA) is 69.8 Å². The van der Waals surface area contributed by atoms with Crippen LogP contribution < -0.4 is 10.6 Å². The zero-order chi connectivity index (χ0) is 18.1. The molecule has 0 unspecified atom stereocenters. The third-order valence-corrected chi connectivity index (χ3v) is 5.22. The van der Waals surface area contributed by atoms with Gasteiger partial charge in [0.2, 0.25) is 5.91 Å². The highest BCUT2D eigenvalue weighted by Crippen LogP contribution is 2.32. The van der Waals surface area contributed by atoms with Gasteiger partial charge >= 0.3 is 0 Å². The number of aromatic amines is 1. The quantitative estimate of drug-likeness (QED) is 0.651. The summed E-state index contributed by atoms with van der Waals surface area (Å²) in [5.41, 5.74) is 3.97. The van der Waals surface area contributed by atoms with E-state index < -0.39 is 0 Å². The third-order valence-electron chi connectivity index (χ3n) is 4.91. The van der Waals surface area contributed by atoms with Gasteiger partial charge in [-0.2, -0.15) is 5.10 Å². The van der Waals surface area contributed by atoms with Crippen LogP contribution in [0.4, 0.5) is 5.82 Å². The summed E-state index contributed by atoms with van der Waals surface area (Å²) in [7, 11) is 0. The fourth-order valence-corrected chi connectivity index (χ4v) is 3.77. The van der Waals surface area contributed by atoms with Crippen molar-refractivity contribution in [1.29, 1.82) is 0 Å². The highest BCUT2D eigenvalue weighted by atomic mass is 35.5. The molecule has 1 fully saturated rings. The lowest BCUT2D eigenvalue weighted by molar-refractivity contribution is -0.120. The number of amides is 1. The average molecular weight is 369 g/mol. The van der Waals surface area contributed by atoms with Gasteiger partial charge in [0.1, 0.15) is 0 Å². The molecule has 0 radical (unpaired) electrons. The Labute approximate surface area is 157 Å². The monoisotopic (exact) mass is 368 g/mol. The number of hydrogen-bond donors (Lipinski definition) is 3. The van der Waals surface area contributed by atoms with E-state index in [1.165, 1.54) is 0 Å². The second kappa shape index (κ2) is 7.09. The predicted octanol–water partition coefficient (Wildman–Crippen LogP) is 4.13. The van der Waals surface area contributed by atoms with Gasteiger partial charge in [-0.25, -0.2) is 0 Å². The van der Waals surface area contributed by atoms with Crippen molar-refractivity contribution >= 4 is 34.2 Å². The van der Waals surface area contributed by atoms with Crippen molar-refractivity contribution in [3.63, 3.8) is 0 Å². The molecule has 1 amide bonds. The van der Waals surface area contributed by atoms with Gasteiger partial charge in [0.25, 0.3) is 0 Å². The van der Waals surface area contributed by atoms with Gasteiger partial charge in [0, 0.05) is 22.5 Å². The van der Waals surface area contributed by atoms with Crippen molar-refractivity contribution in [3.8, 4) is 11.1 Å². The Morgan fingerprint density at radius 3 is 2.92 bits per heavy atom. The summed E-state index contributed by atoms with van der Waals surface area (Å²) in [4.78, 5) is 12.5. The molecule has 1 atom stereocenters. The van der Waals surface area contributed by atoms with Gasteiger partial charge in [-0.1, -0.05) is 29.8 Å². The number of rotatable bonds is 3. The molecule has 3 aromatic rings. The van der Waals surface area contributed by atoms with E-state index in [1.54, 1.807) is 0 Å². The Morgan fingerprint density at radius 1 is 1.27 bits per heavy atom. The summed E-state index contributed by atoms with van der Waals surface area (Å²) in [6, 6.07) is 12.0. The molecule has 6 heteroatoms. The number of carbonyl (C=O) groups excluding carboxylic acids is 1. The fraction of sp³-hybridized carbons (Fsp3) is 0.300. The molecule has 0 spiro atoms. The molecule has 5 nitrogen and oxygen atoms in total. The summed E-state index contributed by atoms with van der Waals surface area (Å²) in [6.45, 7) is 3.72. The molecule has 4 rings (SSSR count). The van der Waals surface area contributed by atoms with Crippen LogP contribution in [-0.4, -0.2) is 29.2 Å². The van der Waals surface area contributed by atoms with E-state index >= 15 is 0 Å². The lowest BCUT2D eigenvalue weighted by Gasteiger charge is -2.21. The molecule has 0 aliphatic carbocycles. The van der Waals surface area contributed by atoms with E-state index in [0.717, 1.165) is 53.5 Å². The van der Waals surface area contributed by atoms with E-state index in [0.29, 0.717) is 10.8 Å². The van der Waals surface area contributed by atoms with Crippen molar-refractivity contribution in [2.75, 3.05) is 18.4 Å². The Balaban J connectivity index is 1.65. The Bertz CT molecular complexity index is 960. The highest BCUT2D eigenvalue weighted by molar-refractivity contribution is 6.33. The lowest BCUT2D eigenvalue weighted by atomic mass is 9.99. The van der Waals surface area contributed by atoms with Crippen molar-refractivity contribution in [1.82, 2.24) is 15.5 Å². The number of carbonyl (C=O) groups is 1. The normalized spacial score (nSPS) is 17.4. The lowest BCUT2D eigenvalue weighted by Crippen LogP contribution is -2.37. The maximum Gasteiger partial charge on any atom is 0.229 e. The number of H-pyrrole nitrogens is 1. The molecule has 1 aliphatic rings. The molecule has 1 aromatic heterocycles. The summed E-state index contributed by atoms with van der Waals surface area (Å²) in [5, 5.41) is 15.1. The summed E-state index contributed by atoms with van der Waals surface area (Å²) < 4.78 is 0. The first-order valence-corrected chi connectivity index (χ1v) is 9.26. The number of nitrogens with one attached hydrogen (secondary N) is 3. The van der Waals surface area contributed by atoms with E-state index in [2.05, 4.69) is 20.8 Å². The first-order valence-electron chi connectivity index (χ1n) is 8.88. The van der Waals surface area contributed by atoms with Gasteiger partial charge in [-0.3, -0.25) is 9.89 Å².